The Balaban J connectivity index is 1.56. The van der Waals surface area contributed by atoms with Gasteiger partial charge in [0.25, 0.3) is 5.56 Å². The molecule has 1 atom stereocenters. The van der Waals surface area contributed by atoms with Crippen molar-refractivity contribution in [2.75, 3.05) is 19.7 Å². The maximum atomic E-state index is 13.7. The van der Waals surface area contributed by atoms with Crippen molar-refractivity contribution in [1.29, 1.82) is 0 Å². The molecule has 0 N–H and O–H groups in total. The second kappa shape index (κ2) is 8.30. The number of likely N-dealkylation sites (tertiary alicyclic amines) is 1. The molecule has 2 fully saturated rings. The number of piperidine rings is 1. The van der Waals surface area contributed by atoms with Crippen molar-refractivity contribution in [3.8, 4) is 10.4 Å². The molecule has 154 valence electrons. The van der Waals surface area contributed by atoms with E-state index in [4.69, 9.17) is 9.72 Å². The summed E-state index contributed by atoms with van der Waals surface area (Å²) in [6.45, 7) is 6.65. The monoisotopic (exact) mass is 429 g/mol. The normalized spacial score (nSPS) is 21.3. The molecule has 0 spiro atoms. The molecule has 5 heterocycles. The highest BCUT2D eigenvalue weighted by atomic mass is 32.1. The van der Waals surface area contributed by atoms with Crippen LogP contribution in [-0.2, 0) is 17.8 Å². The molecule has 0 bridgehead atoms. The highest BCUT2D eigenvalue weighted by Crippen LogP contribution is 2.34. The second-order valence-electron chi connectivity index (χ2n) is 8.34. The standard InChI is InChI=1S/C22H27N3O2S2/c1-15-6-8-24(9-7-15)13-19-23-21-20(17(14-29-21)18-5-3-11-28-18)22(26)25(19)12-16-4-2-10-27-16/h3,5,11,14-16H,2,4,6-10,12-13H2,1H3. The number of ether oxygens (including phenoxy) is 1. The molecular formula is C22H27N3O2S2. The Bertz CT molecular complexity index is 1030. The number of thiophene rings is 2. The Hall–Kier alpha value is -1.54. The third-order valence-electron chi connectivity index (χ3n) is 6.21. The molecule has 2 aliphatic heterocycles. The largest absolute Gasteiger partial charge is 0.376 e. The zero-order chi connectivity index (χ0) is 19.8. The van der Waals surface area contributed by atoms with E-state index in [0.717, 1.165) is 71.5 Å². The fourth-order valence-corrected chi connectivity index (χ4v) is 6.17. The van der Waals surface area contributed by atoms with E-state index in [0.29, 0.717) is 6.54 Å². The number of hydrogen-bond acceptors (Lipinski definition) is 6. The highest BCUT2D eigenvalue weighted by Gasteiger charge is 2.24. The number of fused-ring (bicyclic) bond motifs is 1. The first-order chi connectivity index (χ1) is 14.2. The van der Waals surface area contributed by atoms with Crippen LogP contribution in [0.4, 0.5) is 0 Å². The zero-order valence-electron chi connectivity index (χ0n) is 16.8. The molecule has 2 saturated heterocycles. The Morgan fingerprint density at radius 2 is 2.10 bits per heavy atom. The van der Waals surface area contributed by atoms with Crippen molar-refractivity contribution < 1.29 is 4.74 Å². The Labute approximate surface area is 179 Å². The quantitative estimate of drug-likeness (QED) is 0.595. The number of aromatic nitrogens is 2. The minimum Gasteiger partial charge on any atom is -0.376 e. The lowest BCUT2D eigenvalue weighted by Gasteiger charge is -2.30. The van der Waals surface area contributed by atoms with Crippen molar-refractivity contribution in [3.05, 3.63) is 39.1 Å². The first-order valence-corrected chi connectivity index (χ1v) is 12.3. The van der Waals surface area contributed by atoms with E-state index in [2.05, 4.69) is 28.7 Å². The van der Waals surface area contributed by atoms with E-state index in [1.807, 2.05) is 10.6 Å². The molecule has 0 aliphatic carbocycles. The van der Waals surface area contributed by atoms with Crippen molar-refractivity contribution >= 4 is 32.9 Å². The van der Waals surface area contributed by atoms with Crippen LogP contribution in [0.2, 0.25) is 0 Å². The second-order valence-corrected chi connectivity index (χ2v) is 10.2. The Kier molecular flexibility index (Phi) is 5.56. The van der Waals surface area contributed by atoms with Gasteiger partial charge in [-0.2, -0.15) is 0 Å². The Morgan fingerprint density at radius 1 is 1.24 bits per heavy atom. The van der Waals surface area contributed by atoms with Gasteiger partial charge in [0, 0.05) is 22.4 Å². The van der Waals surface area contributed by atoms with Crippen LogP contribution in [0.3, 0.4) is 0 Å². The van der Waals surface area contributed by atoms with Crippen molar-refractivity contribution in [2.45, 2.75) is 51.8 Å². The molecule has 0 amide bonds. The summed E-state index contributed by atoms with van der Waals surface area (Å²) in [7, 11) is 0. The molecule has 29 heavy (non-hydrogen) atoms. The summed E-state index contributed by atoms with van der Waals surface area (Å²) in [5, 5.41) is 4.92. The lowest BCUT2D eigenvalue weighted by Crippen LogP contribution is -2.37. The van der Waals surface area contributed by atoms with Crippen LogP contribution in [0.1, 0.15) is 38.4 Å². The van der Waals surface area contributed by atoms with Gasteiger partial charge in [-0.3, -0.25) is 14.3 Å². The summed E-state index contributed by atoms with van der Waals surface area (Å²) in [6, 6.07) is 4.12. The minimum absolute atomic E-state index is 0.0931. The molecule has 5 rings (SSSR count). The Morgan fingerprint density at radius 3 is 2.83 bits per heavy atom. The average Bonchev–Trinajstić information content (AvgIpc) is 3.47. The fourth-order valence-electron chi connectivity index (χ4n) is 4.40. The smallest absolute Gasteiger partial charge is 0.263 e. The van der Waals surface area contributed by atoms with E-state index in [9.17, 15) is 4.79 Å². The maximum absolute atomic E-state index is 13.7. The summed E-state index contributed by atoms with van der Waals surface area (Å²) in [6.07, 6.45) is 4.66. The van der Waals surface area contributed by atoms with Crippen LogP contribution in [0, 0.1) is 5.92 Å². The molecule has 0 aromatic carbocycles. The molecule has 0 saturated carbocycles. The van der Waals surface area contributed by atoms with Crippen molar-refractivity contribution in [3.63, 3.8) is 0 Å². The van der Waals surface area contributed by atoms with Gasteiger partial charge < -0.3 is 4.74 Å². The van der Waals surface area contributed by atoms with Gasteiger partial charge in [-0.1, -0.05) is 13.0 Å². The molecular weight excluding hydrogens is 402 g/mol. The number of hydrogen-bond donors (Lipinski definition) is 0. The molecule has 0 radical (unpaired) electrons. The minimum atomic E-state index is 0.0931. The van der Waals surface area contributed by atoms with E-state index in [-0.39, 0.29) is 11.7 Å². The van der Waals surface area contributed by atoms with Crippen LogP contribution in [-0.4, -0.2) is 40.3 Å². The molecule has 3 aromatic rings. The lowest BCUT2D eigenvalue weighted by atomic mass is 9.99. The van der Waals surface area contributed by atoms with Crippen LogP contribution < -0.4 is 5.56 Å². The number of rotatable bonds is 5. The first kappa shape index (κ1) is 19.4. The predicted molar refractivity (Wildman–Crippen MR) is 120 cm³/mol. The van der Waals surface area contributed by atoms with Crippen molar-refractivity contribution in [1.82, 2.24) is 14.5 Å². The summed E-state index contributed by atoms with van der Waals surface area (Å²) in [4.78, 5) is 23.1. The van der Waals surface area contributed by atoms with E-state index < -0.39 is 0 Å². The maximum Gasteiger partial charge on any atom is 0.263 e. The fraction of sp³-hybridized carbons (Fsp3) is 0.545. The third kappa shape index (κ3) is 3.93. The van der Waals surface area contributed by atoms with Gasteiger partial charge in [0.05, 0.1) is 24.6 Å². The SMILES string of the molecule is CC1CCN(Cc2nc3scc(-c4cccs4)c3c(=O)n2CC2CCCO2)CC1. The molecule has 2 aliphatic rings. The van der Waals surface area contributed by atoms with E-state index in [1.54, 1.807) is 22.7 Å². The van der Waals surface area contributed by atoms with Gasteiger partial charge in [-0.25, -0.2) is 4.98 Å². The van der Waals surface area contributed by atoms with E-state index >= 15 is 0 Å². The van der Waals surface area contributed by atoms with Crippen LogP contribution >= 0.6 is 22.7 Å². The first-order valence-electron chi connectivity index (χ1n) is 10.6. The van der Waals surface area contributed by atoms with Gasteiger partial charge in [-0.05, 0) is 56.1 Å². The summed E-state index contributed by atoms with van der Waals surface area (Å²) in [5.74, 6) is 1.69. The molecule has 7 heteroatoms. The molecule has 1 unspecified atom stereocenters. The van der Waals surface area contributed by atoms with Gasteiger partial charge in [-0.15, -0.1) is 22.7 Å². The third-order valence-corrected chi connectivity index (χ3v) is 7.99. The average molecular weight is 430 g/mol. The summed E-state index contributed by atoms with van der Waals surface area (Å²) < 4.78 is 7.79. The van der Waals surface area contributed by atoms with Gasteiger partial charge in [0.15, 0.2) is 0 Å². The van der Waals surface area contributed by atoms with E-state index in [1.165, 1.54) is 12.8 Å². The molecule has 3 aromatic heterocycles. The van der Waals surface area contributed by atoms with Gasteiger partial charge >= 0.3 is 0 Å². The summed E-state index contributed by atoms with van der Waals surface area (Å²) >= 11 is 3.26. The van der Waals surface area contributed by atoms with Crippen LogP contribution in [0.5, 0.6) is 0 Å². The van der Waals surface area contributed by atoms with Gasteiger partial charge in [0.1, 0.15) is 10.7 Å². The van der Waals surface area contributed by atoms with Crippen LogP contribution in [0.25, 0.3) is 20.7 Å². The summed E-state index contributed by atoms with van der Waals surface area (Å²) in [5.41, 5.74) is 1.12. The highest BCUT2D eigenvalue weighted by molar-refractivity contribution is 7.18. The molecule has 5 nitrogen and oxygen atoms in total. The lowest BCUT2D eigenvalue weighted by molar-refractivity contribution is 0.0936. The van der Waals surface area contributed by atoms with Crippen molar-refractivity contribution in [2.24, 2.45) is 5.92 Å². The predicted octanol–water partition coefficient (Wildman–Crippen LogP) is 4.60. The number of nitrogens with zero attached hydrogens (tertiary/aromatic N) is 3. The topological polar surface area (TPSA) is 47.4 Å². The van der Waals surface area contributed by atoms with Gasteiger partial charge in [0.2, 0.25) is 0 Å². The van der Waals surface area contributed by atoms with Crippen LogP contribution in [0.15, 0.2) is 27.7 Å². The zero-order valence-corrected chi connectivity index (χ0v) is 18.4.